The maximum atomic E-state index is 10.9. The van der Waals surface area contributed by atoms with Gasteiger partial charge in [0.05, 0.1) is 16.6 Å². The van der Waals surface area contributed by atoms with Gasteiger partial charge in [-0.3, -0.25) is 10.1 Å². The number of allylic oxidation sites excluding steroid dienone is 1. The highest BCUT2D eigenvalue weighted by atomic mass is 16.6. The first-order valence-electron chi connectivity index (χ1n) is 10.4. The van der Waals surface area contributed by atoms with E-state index in [1.165, 1.54) is 12.1 Å². The van der Waals surface area contributed by atoms with Crippen LogP contribution in [0.5, 0.6) is 0 Å². The van der Waals surface area contributed by atoms with Gasteiger partial charge in [-0.05, 0) is 57.7 Å². The summed E-state index contributed by atoms with van der Waals surface area (Å²) in [7, 11) is 0. The summed E-state index contributed by atoms with van der Waals surface area (Å²) < 4.78 is 0. The van der Waals surface area contributed by atoms with Crippen molar-refractivity contribution >= 4 is 29.0 Å². The molecule has 0 atom stereocenters. The fourth-order valence-electron chi connectivity index (χ4n) is 3.53. The van der Waals surface area contributed by atoms with Crippen molar-refractivity contribution in [3.05, 3.63) is 147 Å². The number of nitro groups is 1. The predicted octanol–water partition coefficient (Wildman–Crippen LogP) is 7.25. The molecular formula is C29H20N2O2. The van der Waals surface area contributed by atoms with Gasteiger partial charge >= 0.3 is 0 Å². The van der Waals surface area contributed by atoms with Crippen molar-refractivity contribution in [3.63, 3.8) is 0 Å². The molecule has 0 spiro atoms. The summed E-state index contributed by atoms with van der Waals surface area (Å²) in [5, 5.41) is 20.4. The normalized spacial score (nSPS) is 10.8. The first kappa shape index (κ1) is 21.5. The van der Waals surface area contributed by atoms with Crippen LogP contribution in [-0.4, -0.2) is 4.92 Å². The molecule has 4 aromatic rings. The van der Waals surface area contributed by atoms with Crippen molar-refractivity contribution in [2.24, 2.45) is 0 Å². The van der Waals surface area contributed by atoms with Gasteiger partial charge in [0.15, 0.2) is 0 Å². The molecule has 4 nitrogen and oxygen atoms in total. The van der Waals surface area contributed by atoms with Crippen molar-refractivity contribution in [1.29, 1.82) is 5.26 Å². The SMILES string of the molecule is N#C/C(=C\c1ccc(C=C(c2ccccc2)c2ccccc2)cc1)c1ccc([N+](=O)[O-])cc1. The maximum absolute atomic E-state index is 10.9. The van der Waals surface area contributed by atoms with Crippen LogP contribution in [0.25, 0.3) is 23.3 Å². The quantitative estimate of drug-likeness (QED) is 0.141. The second-order valence-corrected chi connectivity index (χ2v) is 7.43. The Labute approximate surface area is 192 Å². The van der Waals surface area contributed by atoms with Crippen LogP contribution in [0.2, 0.25) is 0 Å². The highest BCUT2D eigenvalue weighted by Gasteiger charge is 2.08. The Balaban J connectivity index is 1.64. The van der Waals surface area contributed by atoms with Gasteiger partial charge in [-0.1, -0.05) is 84.9 Å². The predicted molar refractivity (Wildman–Crippen MR) is 133 cm³/mol. The summed E-state index contributed by atoms with van der Waals surface area (Å²) in [6.07, 6.45) is 3.93. The second kappa shape index (κ2) is 10.0. The molecule has 0 amide bonds. The highest BCUT2D eigenvalue weighted by Crippen LogP contribution is 2.27. The van der Waals surface area contributed by atoms with E-state index in [1.54, 1.807) is 18.2 Å². The Morgan fingerprint density at radius 1 is 0.667 bits per heavy atom. The minimum Gasteiger partial charge on any atom is -0.258 e. The molecule has 0 saturated heterocycles. The third-order valence-corrected chi connectivity index (χ3v) is 5.24. The van der Waals surface area contributed by atoms with Crippen LogP contribution < -0.4 is 0 Å². The van der Waals surface area contributed by atoms with Crippen LogP contribution in [0, 0.1) is 21.4 Å². The molecule has 0 aliphatic heterocycles. The molecule has 33 heavy (non-hydrogen) atoms. The zero-order valence-electron chi connectivity index (χ0n) is 17.8. The van der Waals surface area contributed by atoms with Crippen LogP contribution >= 0.6 is 0 Å². The van der Waals surface area contributed by atoms with E-state index in [9.17, 15) is 15.4 Å². The summed E-state index contributed by atoms with van der Waals surface area (Å²) in [5.41, 5.74) is 6.41. The Bertz CT molecular complexity index is 1310. The molecule has 0 aliphatic rings. The molecule has 0 saturated carbocycles. The van der Waals surface area contributed by atoms with Crippen molar-refractivity contribution in [3.8, 4) is 6.07 Å². The molecule has 0 aliphatic carbocycles. The van der Waals surface area contributed by atoms with E-state index >= 15 is 0 Å². The molecule has 0 aromatic heterocycles. The molecule has 0 radical (unpaired) electrons. The summed E-state index contributed by atoms with van der Waals surface area (Å²) >= 11 is 0. The maximum Gasteiger partial charge on any atom is 0.269 e. The van der Waals surface area contributed by atoms with E-state index in [1.807, 2.05) is 60.7 Å². The van der Waals surface area contributed by atoms with E-state index in [4.69, 9.17) is 0 Å². The fourth-order valence-corrected chi connectivity index (χ4v) is 3.53. The van der Waals surface area contributed by atoms with Crippen LogP contribution in [0.1, 0.15) is 27.8 Å². The number of hydrogen-bond acceptors (Lipinski definition) is 3. The van der Waals surface area contributed by atoms with Crippen molar-refractivity contribution < 1.29 is 4.92 Å². The van der Waals surface area contributed by atoms with Crippen molar-refractivity contribution in [2.75, 3.05) is 0 Å². The molecule has 158 valence electrons. The summed E-state index contributed by atoms with van der Waals surface area (Å²) in [6.45, 7) is 0. The summed E-state index contributed by atoms with van der Waals surface area (Å²) in [6, 6.07) is 36.7. The molecule has 0 fully saturated rings. The lowest BCUT2D eigenvalue weighted by atomic mass is 9.95. The Morgan fingerprint density at radius 3 is 1.61 bits per heavy atom. The van der Waals surface area contributed by atoms with E-state index in [0.717, 1.165) is 27.8 Å². The zero-order chi connectivity index (χ0) is 23.0. The standard InChI is InChI=1S/C29H20N2O2/c30-21-27(24-15-17-28(18-16-24)31(32)33)19-22-11-13-23(14-12-22)20-29(25-7-3-1-4-8-25)26-9-5-2-6-10-26/h1-20H/b27-19+. The minimum absolute atomic E-state index is 0.000170. The number of hydrogen-bond donors (Lipinski definition) is 0. The molecule has 4 rings (SSSR count). The average Bonchev–Trinajstić information content (AvgIpc) is 2.88. The third kappa shape index (κ3) is 5.30. The van der Waals surface area contributed by atoms with Gasteiger partial charge in [-0.2, -0.15) is 5.26 Å². The molecule has 0 bridgehead atoms. The zero-order valence-corrected chi connectivity index (χ0v) is 17.8. The van der Waals surface area contributed by atoms with E-state index in [0.29, 0.717) is 11.1 Å². The fraction of sp³-hybridized carbons (Fsp3) is 0. The monoisotopic (exact) mass is 428 g/mol. The van der Waals surface area contributed by atoms with E-state index in [-0.39, 0.29) is 5.69 Å². The molecular weight excluding hydrogens is 408 g/mol. The minimum atomic E-state index is -0.453. The number of benzene rings is 4. The van der Waals surface area contributed by atoms with Gasteiger partial charge in [0, 0.05) is 12.1 Å². The Kier molecular flexibility index (Phi) is 6.53. The van der Waals surface area contributed by atoms with Crippen LogP contribution in [0.15, 0.2) is 109 Å². The summed E-state index contributed by atoms with van der Waals surface area (Å²) in [4.78, 5) is 10.4. The van der Waals surface area contributed by atoms with Crippen LogP contribution in [0.4, 0.5) is 5.69 Å². The van der Waals surface area contributed by atoms with Gasteiger partial charge in [0.2, 0.25) is 0 Å². The molecule has 4 aromatic carbocycles. The van der Waals surface area contributed by atoms with Gasteiger partial charge < -0.3 is 0 Å². The number of non-ortho nitro benzene ring substituents is 1. The second-order valence-electron chi connectivity index (χ2n) is 7.43. The van der Waals surface area contributed by atoms with Crippen LogP contribution in [0.3, 0.4) is 0 Å². The Hall–Kier alpha value is -4.75. The van der Waals surface area contributed by atoms with Gasteiger partial charge in [0.25, 0.3) is 5.69 Å². The van der Waals surface area contributed by atoms with Gasteiger partial charge in [0.1, 0.15) is 0 Å². The topological polar surface area (TPSA) is 66.9 Å². The molecule has 0 unspecified atom stereocenters. The Morgan fingerprint density at radius 2 is 1.15 bits per heavy atom. The number of nitro benzene ring substituents is 1. The molecule has 0 N–H and O–H groups in total. The van der Waals surface area contributed by atoms with Crippen molar-refractivity contribution in [2.45, 2.75) is 0 Å². The average molecular weight is 428 g/mol. The first-order chi connectivity index (χ1) is 16.1. The van der Waals surface area contributed by atoms with Crippen LogP contribution in [-0.2, 0) is 0 Å². The molecule has 4 heteroatoms. The van der Waals surface area contributed by atoms with Gasteiger partial charge in [-0.25, -0.2) is 0 Å². The number of nitrogens with zero attached hydrogens (tertiary/aromatic N) is 2. The summed E-state index contributed by atoms with van der Waals surface area (Å²) in [5.74, 6) is 0. The van der Waals surface area contributed by atoms with E-state index < -0.39 is 4.92 Å². The lowest BCUT2D eigenvalue weighted by Gasteiger charge is -2.09. The molecule has 0 heterocycles. The highest BCUT2D eigenvalue weighted by molar-refractivity contribution is 5.92. The van der Waals surface area contributed by atoms with Crippen molar-refractivity contribution in [1.82, 2.24) is 0 Å². The first-order valence-corrected chi connectivity index (χ1v) is 10.4. The third-order valence-electron chi connectivity index (χ3n) is 5.24. The lowest BCUT2D eigenvalue weighted by molar-refractivity contribution is -0.384. The number of nitriles is 1. The smallest absolute Gasteiger partial charge is 0.258 e. The largest absolute Gasteiger partial charge is 0.269 e. The number of rotatable bonds is 6. The van der Waals surface area contributed by atoms with Gasteiger partial charge in [-0.15, -0.1) is 0 Å². The van der Waals surface area contributed by atoms with E-state index in [2.05, 4.69) is 36.4 Å². The lowest BCUT2D eigenvalue weighted by Crippen LogP contribution is -1.89.